The zero-order valence-electron chi connectivity index (χ0n) is 11.9. The van der Waals surface area contributed by atoms with Crippen molar-refractivity contribution in [3.63, 3.8) is 0 Å². The van der Waals surface area contributed by atoms with Gasteiger partial charge in [-0.05, 0) is 23.4 Å². The highest BCUT2D eigenvalue weighted by molar-refractivity contribution is 7.89. The van der Waals surface area contributed by atoms with Crippen LogP contribution in [0.3, 0.4) is 0 Å². The largest absolute Gasteiger partial charge is 0.512 e. The van der Waals surface area contributed by atoms with Crippen molar-refractivity contribution in [2.75, 3.05) is 6.54 Å². The molecule has 0 aliphatic carbocycles. The SMILES string of the molecule is O=C(O)Oc1noc2c1CN(S(=O)(=O)c1cc(Cl)ccc1Cl)CC2. The van der Waals surface area contributed by atoms with Crippen LogP contribution < -0.4 is 4.74 Å². The van der Waals surface area contributed by atoms with Crippen molar-refractivity contribution in [3.8, 4) is 5.88 Å². The molecule has 0 unspecified atom stereocenters. The number of hydrogen-bond donors (Lipinski definition) is 1. The Morgan fingerprint density at radius 3 is 2.83 bits per heavy atom. The summed E-state index contributed by atoms with van der Waals surface area (Å²) in [6, 6.07) is 4.14. The molecule has 0 saturated carbocycles. The summed E-state index contributed by atoms with van der Waals surface area (Å²) in [5.74, 6) is 0.115. The topological polar surface area (TPSA) is 110 Å². The molecule has 2 heterocycles. The van der Waals surface area contributed by atoms with Gasteiger partial charge >= 0.3 is 6.16 Å². The van der Waals surface area contributed by atoms with Gasteiger partial charge in [0.15, 0.2) is 0 Å². The monoisotopic (exact) mass is 392 g/mol. The van der Waals surface area contributed by atoms with Gasteiger partial charge in [0.25, 0.3) is 5.88 Å². The molecule has 1 aromatic carbocycles. The van der Waals surface area contributed by atoms with Gasteiger partial charge in [-0.15, -0.1) is 0 Å². The number of carboxylic acid groups (broad SMARTS) is 1. The highest BCUT2D eigenvalue weighted by Crippen LogP contribution is 2.33. The van der Waals surface area contributed by atoms with Crippen LogP contribution in [0.5, 0.6) is 5.88 Å². The molecule has 0 radical (unpaired) electrons. The number of carbonyl (C=O) groups is 1. The van der Waals surface area contributed by atoms with E-state index in [4.69, 9.17) is 32.8 Å². The molecule has 1 aromatic heterocycles. The number of hydrogen-bond acceptors (Lipinski definition) is 6. The van der Waals surface area contributed by atoms with Crippen LogP contribution in [0, 0.1) is 0 Å². The average molecular weight is 393 g/mol. The molecular formula is C13H10Cl2N2O6S. The fourth-order valence-electron chi connectivity index (χ4n) is 2.34. The van der Waals surface area contributed by atoms with Crippen molar-refractivity contribution in [2.24, 2.45) is 0 Å². The summed E-state index contributed by atoms with van der Waals surface area (Å²) in [7, 11) is -3.94. The fraction of sp³-hybridized carbons (Fsp3) is 0.231. The minimum absolute atomic E-state index is 0.0394. The maximum Gasteiger partial charge on any atom is 0.512 e. The smallest absolute Gasteiger partial charge is 0.449 e. The molecule has 128 valence electrons. The molecule has 24 heavy (non-hydrogen) atoms. The highest BCUT2D eigenvalue weighted by atomic mass is 35.5. The first-order valence-electron chi connectivity index (χ1n) is 6.62. The van der Waals surface area contributed by atoms with Gasteiger partial charge in [0.2, 0.25) is 10.0 Å². The van der Waals surface area contributed by atoms with Crippen molar-refractivity contribution in [1.82, 2.24) is 9.46 Å². The molecule has 0 saturated heterocycles. The lowest BCUT2D eigenvalue weighted by Crippen LogP contribution is -2.35. The van der Waals surface area contributed by atoms with Gasteiger partial charge in [0.1, 0.15) is 10.7 Å². The maximum absolute atomic E-state index is 12.8. The van der Waals surface area contributed by atoms with E-state index in [1.807, 2.05) is 0 Å². The highest BCUT2D eigenvalue weighted by Gasteiger charge is 2.34. The van der Waals surface area contributed by atoms with Crippen LogP contribution in [0.2, 0.25) is 10.0 Å². The summed E-state index contributed by atoms with van der Waals surface area (Å²) in [6.07, 6.45) is -1.34. The Labute approximate surface area is 146 Å². The Hall–Kier alpha value is -1.81. The lowest BCUT2D eigenvalue weighted by molar-refractivity contribution is 0.140. The molecule has 0 fully saturated rings. The number of nitrogens with zero attached hydrogens (tertiary/aromatic N) is 2. The third-order valence-corrected chi connectivity index (χ3v) is 6.01. The van der Waals surface area contributed by atoms with Crippen LogP contribution >= 0.6 is 23.2 Å². The standard InChI is InChI=1S/C13H10Cl2N2O6S/c14-7-1-2-9(15)11(5-7)24(20,21)17-4-3-10-8(6-17)12(16-23-10)22-13(18)19/h1-2,5H,3-4,6H2,(H,18,19). The molecule has 3 rings (SSSR count). The van der Waals surface area contributed by atoms with Crippen LogP contribution in [0.4, 0.5) is 4.79 Å². The maximum atomic E-state index is 12.8. The third-order valence-electron chi connectivity index (χ3n) is 3.45. The first-order chi connectivity index (χ1) is 11.3. The first-order valence-corrected chi connectivity index (χ1v) is 8.82. The number of sulfonamides is 1. The van der Waals surface area contributed by atoms with Crippen molar-refractivity contribution in [1.29, 1.82) is 0 Å². The van der Waals surface area contributed by atoms with Crippen molar-refractivity contribution in [2.45, 2.75) is 17.9 Å². The van der Waals surface area contributed by atoms with Gasteiger partial charge in [0.05, 0.1) is 10.6 Å². The second kappa shape index (κ2) is 6.25. The minimum Gasteiger partial charge on any atom is -0.449 e. The quantitative estimate of drug-likeness (QED) is 0.799. The van der Waals surface area contributed by atoms with Crippen LogP contribution in [-0.2, 0) is 23.0 Å². The summed E-state index contributed by atoms with van der Waals surface area (Å²) < 4.78 is 36.2. The fourth-order valence-corrected chi connectivity index (χ4v) is 4.49. The van der Waals surface area contributed by atoms with Gasteiger partial charge < -0.3 is 14.4 Å². The molecular weight excluding hydrogens is 383 g/mol. The second-order valence-corrected chi connectivity index (χ2v) is 7.67. The van der Waals surface area contributed by atoms with E-state index in [0.717, 1.165) is 4.31 Å². The number of benzene rings is 1. The zero-order valence-corrected chi connectivity index (χ0v) is 14.2. The number of rotatable bonds is 3. The lowest BCUT2D eigenvalue weighted by atomic mass is 10.1. The normalized spacial score (nSPS) is 15.1. The minimum atomic E-state index is -3.94. The Balaban J connectivity index is 1.96. The van der Waals surface area contributed by atoms with E-state index in [0.29, 0.717) is 5.76 Å². The van der Waals surface area contributed by atoms with Gasteiger partial charge in [0, 0.05) is 24.5 Å². The van der Waals surface area contributed by atoms with E-state index < -0.39 is 16.2 Å². The van der Waals surface area contributed by atoms with Gasteiger partial charge in [-0.25, -0.2) is 13.2 Å². The predicted molar refractivity (Wildman–Crippen MR) is 82.9 cm³/mol. The van der Waals surface area contributed by atoms with E-state index in [1.54, 1.807) is 0 Å². The second-order valence-electron chi connectivity index (χ2n) is 4.92. The predicted octanol–water partition coefficient (Wildman–Crippen LogP) is 2.79. The molecule has 8 nitrogen and oxygen atoms in total. The first kappa shape index (κ1) is 17.0. The van der Waals surface area contributed by atoms with Gasteiger partial charge in [-0.3, -0.25) is 0 Å². The van der Waals surface area contributed by atoms with Crippen LogP contribution in [0.1, 0.15) is 11.3 Å². The summed E-state index contributed by atoms with van der Waals surface area (Å²) >= 11 is 11.8. The Kier molecular flexibility index (Phi) is 4.43. The summed E-state index contributed by atoms with van der Waals surface area (Å²) in [6.45, 7) is -0.0213. The lowest BCUT2D eigenvalue weighted by Gasteiger charge is -2.25. The van der Waals surface area contributed by atoms with Crippen LogP contribution in [-0.4, -0.2) is 35.7 Å². The van der Waals surface area contributed by atoms with E-state index in [-0.39, 0.29) is 45.9 Å². The van der Waals surface area contributed by atoms with Gasteiger partial charge in [-0.2, -0.15) is 4.31 Å². The Bertz CT molecular complexity index is 911. The van der Waals surface area contributed by atoms with Crippen molar-refractivity contribution < 1.29 is 27.6 Å². The number of aromatic nitrogens is 1. The third kappa shape index (κ3) is 3.07. The molecule has 0 atom stereocenters. The molecule has 11 heteroatoms. The van der Waals surface area contributed by atoms with Gasteiger partial charge in [-0.1, -0.05) is 23.2 Å². The summed E-state index contributed by atoms with van der Waals surface area (Å²) in [4.78, 5) is 10.5. The molecule has 0 bridgehead atoms. The van der Waals surface area contributed by atoms with Crippen LogP contribution in [0.15, 0.2) is 27.6 Å². The van der Waals surface area contributed by atoms with E-state index >= 15 is 0 Å². The average Bonchev–Trinajstić information content (AvgIpc) is 2.91. The van der Waals surface area contributed by atoms with E-state index in [9.17, 15) is 13.2 Å². The molecule has 0 spiro atoms. The van der Waals surface area contributed by atoms with Crippen LogP contribution in [0.25, 0.3) is 0 Å². The van der Waals surface area contributed by atoms with E-state index in [2.05, 4.69) is 9.89 Å². The number of ether oxygens (including phenoxy) is 1. The Morgan fingerprint density at radius 2 is 2.12 bits per heavy atom. The zero-order chi connectivity index (χ0) is 17.5. The molecule has 0 amide bonds. The number of fused-ring (bicyclic) bond motifs is 1. The molecule has 1 aliphatic heterocycles. The van der Waals surface area contributed by atoms with Crippen molar-refractivity contribution >= 4 is 39.4 Å². The Morgan fingerprint density at radius 1 is 1.38 bits per heavy atom. The van der Waals surface area contributed by atoms with E-state index in [1.165, 1.54) is 18.2 Å². The molecule has 1 N–H and O–H groups in total. The van der Waals surface area contributed by atoms with Crippen molar-refractivity contribution in [3.05, 3.63) is 39.6 Å². The summed E-state index contributed by atoms with van der Waals surface area (Å²) in [5, 5.41) is 12.5. The summed E-state index contributed by atoms with van der Waals surface area (Å²) in [5.41, 5.74) is 0.269. The number of halogens is 2. The molecule has 2 aromatic rings. The molecule has 1 aliphatic rings.